The predicted molar refractivity (Wildman–Crippen MR) is 81.9 cm³/mol. The second-order valence-corrected chi connectivity index (χ2v) is 8.47. The van der Waals surface area contributed by atoms with Crippen molar-refractivity contribution in [2.24, 2.45) is 12.0 Å². The zero-order valence-corrected chi connectivity index (χ0v) is 13.9. The fourth-order valence-electron chi connectivity index (χ4n) is 1.60. The first-order chi connectivity index (χ1) is 9.63. The van der Waals surface area contributed by atoms with Crippen molar-refractivity contribution >= 4 is 21.6 Å². The molecule has 0 aliphatic rings. The van der Waals surface area contributed by atoms with E-state index in [1.807, 2.05) is 20.8 Å². The molecular formula is C13H17N3O3S2. The van der Waals surface area contributed by atoms with Crippen molar-refractivity contribution in [2.45, 2.75) is 31.2 Å². The van der Waals surface area contributed by atoms with E-state index < -0.39 is 21.3 Å². The Kier molecular flexibility index (Phi) is 3.94. The smallest absolute Gasteiger partial charge is 0.270 e. The van der Waals surface area contributed by atoms with Crippen molar-refractivity contribution in [1.82, 2.24) is 7.93 Å². The van der Waals surface area contributed by atoms with E-state index in [-0.39, 0.29) is 4.90 Å². The zero-order valence-electron chi connectivity index (χ0n) is 12.3. The maximum absolute atomic E-state index is 12.5. The Hall–Kier alpha value is -1.67. The van der Waals surface area contributed by atoms with Crippen LogP contribution in [0.1, 0.15) is 20.8 Å². The number of benzene rings is 1. The molecule has 0 bridgehead atoms. The molecule has 0 saturated carbocycles. The molecule has 1 aromatic heterocycles. The molecule has 0 spiro atoms. The molecule has 0 atom stereocenters. The van der Waals surface area contributed by atoms with Crippen molar-refractivity contribution in [2.75, 3.05) is 0 Å². The number of nitrogens with zero attached hydrogens (tertiary/aromatic N) is 3. The molecule has 21 heavy (non-hydrogen) atoms. The van der Waals surface area contributed by atoms with E-state index in [4.69, 9.17) is 0 Å². The molecule has 114 valence electrons. The summed E-state index contributed by atoms with van der Waals surface area (Å²) in [4.78, 5) is 17.0. The van der Waals surface area contributed by atoms with Crippen LogP contribution in [0.3, 0.4) is 0 Å². The average molecular weight is 327 g/mol. The summed E-state index contributed by atoms with van der Waals surface area (Å²) in [5.74, 6) is 0. The normalized spacial score (nSPS) is 13.6. The van der Waals surface area contributed by atoms with Crippen molar-refractivity contribution in [1.29, 1.82) is 0 Å². The summed E-state index contributed by atoms with van der Waals surface area (Å²) in [6, 6.07) is 7.87. The largest absolute Gasteiger partial charge is 0.354 e. The average Bonchev–Trinajstić information content (AvgIpc) is 2.67. The third-order valence-electron chi connectivity index (χ3n) is 2.59. The number of hydrogen-bond acceptors (Lipinski definition) is 5. The van der Waals surface area contributed by atoms with E-state index in [0.717, 1.165) is 14.9 Å². The molecule has 0 aliphatic heterocycles. The monoisotopic (exact) mass is 327 g/mol. The van der Waals surface area contributed by atoms with Gasteiger partial charge in [0.15, 0.2) is 0 Å². The summed E-state index contributed by atoms with van der Waals surface area (Å²) >= 11 is 0.827. The molecule has 2 aromatic rings. The number of aromatic nitrogens is 2. The third kappa shape index (κ3) is 3.16. The van der Waals surface area contributed by atoms with Crippen LogP contribution >= 0.6 is 11.5 Å². The fourth-order valence-corrected chi connectivity index (χ4v) is 4.34. The van der Waals surface area contributed by atoms with Crippen molar-refractivity contribution in [3.05, 3.63) is 45.6 Å². The highest BCUT2D eigenvalue weighted by Crippen LogP contribution is 2.12. The molecule has 0 unspecified atom stereocenters. The van der Waals surface area contributed by atoms with Crippen LogP contribution < -0.4 is 10.5 Å². The molecular weight excluding hydrogens is 310 g/mol. The lowest BCUT2D eigenvalue weighted by Crippen LogP contribution is -2.30. The van der Waals surface area contributed by atoms with Gasteiger partial charge in [-0.2, -0.15) is 8.42 Å². The Bertz CT molecular complexity index is 866. The van der Waals surface area contributed by atoms with Crippen LogP contribution in [0, 0.1) is 0 Å². The van der Waals surface area contributed by atoms with E-state index >= 15 is 0 Å². The van der Waals surface area contributed by atoms with Crippen LogP contribution in [-0.2, 0) is 17.1 Å². The van der Waals surface area contributed by atoms with Crippen molar-refractivity contribution in [3.63, 3.8) is 0 Å². The van der Waals surface area contributed by atoms with Gasteiger partial charge in [0.05, 0.1) is 10.4 Å². The van der Waals surface area contributed by atoms with Gasteiger partial charge >= 0.3 is 5.69 Å². The summed E-state index contributed by atoms with van der Waals surface area (Å²) in [5.41, 5.74) is -1.02. The van der Waals surface area contributed by atoms with Gasteiger partial charge in [0, 0.05) is 18.6 Å². The molecule has 8 heteroatoms. The van der Waals surface area contributed by atoms with Gasteiger partial charge in [-0.25, -0.2) is 4.79 Å². The van der Waals surface area contributed by atoms with E-state index in [0.29, 0.717) is 4.80 Å². The lowest BCUT2D eigenvalue weighted by molar-refractivity contribution is 0.555. The van der Waals surface area contributed by atoms with Gasteiger partial charge in [0.25, 0.3) is 10.0 Å². The molecule has 0 fully saturated rings. The maximum atomic E-state index is 12.5. The van der Waals surface area contributed by atoms with Gasteiger partial charge < -0.3 is 0 Å². The molecule has 0 radical (unpaired) electrons. The molecule has 0 aliphatic carbocycles. The SMILES string of the molecule is Cn1c(=NC(C)(C)C)sn(S(=O)(=O)c2ccccc2)c1=O. The van der Waals surface area contributed by atoms with Gasteiger partial charge in [0.2, 0.25) is 4.80 Å². The summed E-state index contributed by atoms with van der Waals surface area (Å²) in [6.45, 7) is 5.65. The molecule has 0 amide bonds. The van der Waals surface area contributed by atoms with E-state index in [2.05, 4.69) is 4.99 Å². The third-order valence-corrected chi connectivity index (χ3v) is 5.71. The Labute approximate surface area is 127 Å². The summed E-state index contributed by atoms with van der Waals surface area (Å²) in [5, 5.41) is 0. The first-order valence-electron chi connectivity index (χ1n) is 6.29. The van der Waals surface area contributed by atoms with Crippen LogP contribution in [0.25, 0.3) is 0 Å². The lowest BCUT2D eigenvalue weighted by Gasteiger charge is -2.09. The van der Waals surface area contributed by atoms with Gasteiger partial charge in [0.1, 0.15) is 0 Å². The quantitative estimate of drug-likeness (QED) is 0.831. The zero-order chi connectivity index (χ0) is 15.8. The van der Waals surface area contributed by atoms with Crippen LogP contribution in [0.4, 0.5) is 0 Å². The van der Waals surface area contributed by atoms with Gasteiger partial charge in [-0.15, -0.1) is 3.36 Å². The minimum Gasteiger partial charge on any atom is -0.270 e. The Morgan fingerprint density at radius 3 is 2.24 bits per heavy atom. The topological polar surface area (TPSA) is 73.4 Å². The molecule has 0 saturated heterocycles. The van der Waals surface area contributed by atoms with Crippen molar-refractivity contribution < 1.29 is 8.42 Å². The van der Waals surface area contributed by atoms with Gasteiger partial charge in [-0.3, -0.25) is 9.56 Å². The minimum absolute atomic E-state index is 0.0799. The van der Waals surface area contributed by atoms with E-state index in [1.165, 1.54) is 23.7 Å². The Morgan fingerprint density at radius 2 is 1.71 bits per heavy atom. The standard InChI is InChI=1S/C13H17N3O3S2/c1-13(2,3)14-11-15(4)12(17)16(20-11)21(18,19)10-8-6-5-7-9-10/h5-9H,1-4H3. The summed E-state index contributed by atoms with van der Waals surface area (Å²) < 4.78 is 27.0. The van der Waals surface area contributed by atoms with Crippen LogP contribution in [-0.4, -0.2) is 21.9 Å². The molecule has 1 aromatic carbocycles. The van der Waals surface area contributed by atoms with Crippen LogP contribution in [0.5, 0.6) is 0 Å². The first-order valence-corrected chi connectivity index (χ1v) is 8.50. The molecule has 0 N–H and O–H groups in total. The van der Waals surface area contributed by atoms with Crippen molar-refractivity contribution in [3.8, 4) is 0 Å². The molecule has 2 rings (SSSR count). The second-order valence-electron chi connectivity index (χ2n) is 5.54. The van der Waals surface area contributed by atoms with E-state index in [9.17, 15) is 13.2 Å². The fraction of sp³-hybridized carbons (Fsp3) is 0.385. The second kappa shape index (κ2) is 5.27. The lowest BCUT2D eigenvalue weighted by atomic mass is 10.1. The highest BCUT2D eigenvalue weighted by molar-refractivity contribution is 7.91. The first kappa shape index (κ1) is 15.7. The maximum Gasteiger partial charge on any atom is 0.354 e. The molecule has 1 heterocycles. The van der Waals surface area contributed by atoms with Crippen LogP contribution in [0.2, 0.25) is 0 Å². The summed E-state index contributed by atoms with van der Waals surface area (Å²) in [6.07, 6.45) is 0. The van der Waals surface area contributed by atoms with Gasteiger partial charge in [-0.1, -0.05) is 18.2 Å². The highest BCUT2D eigenvalue weighted by atomic mass is 32.3. The minimum atomic E-state index is -3.89. The Morgan fingerprint density at radius 1 is 1.14 bits per heavy atom. The Balaban J connectivity index is 2.71. The van der Waals surface area contributed by atoms with Gasteiger partial charge in [-0.05, 0) is 32.9 Å². The summed E-state index contributed by atoms with van der Waals surface area (Å²) in [7, 11) is -2.37. The van der Waals surface area contributed by atoms with Crippen LogP contribution in [0.15, 0.2) is 45.0 Å². The molecule has 6 nitrogen and oxygen atoms in total. The highest BCUT2D eigenvalue weighted by Gasteiger charge is 2.22. The van der Waals surface area contributed by atoms with E-state index in [1.54, 1.807) is 18.2 Å². The predicted octanol–water partition coefficient (Wildman–Crippen LogP) is 1.18. The number of rotatable bonds is 2. The number of hydrogen-bond donors (Lipinski definition) is 0.